The lowest BCUT2D eigenvalue weighted by Crippen LogP contribution is -2.23. The first kappa shape index (κ1) is 13.4. The highest BCUT2D eigenvalue weighted by molar-refractivity contribution is 14.1. The lowest BCUT2D eigenvalue weighted by molar-refractivity contribution is 0.542. The zero-order valence-electron chi connectivity index (χ0n) is 10.3. The van der Waals surface area contributed by atoms with Crippen molar-refractivity contribution in [2.24, 2.45) is 0 Å². The summed E-state index contributed by atoms with van der Waals surface area (Å²) in [4.78, 5) is 8.40. The van der Waals surface area contributed by atoms with Gasteiger partial charge in [0.2, 0.25) is 0 Å². The van der Waals surface area contributed by atoms with Gasteiger partial charge in [0.05, 0.1) is 9.26 Å². The molecule has 0 radical (unpaired) electrons. The molecular formula is C14H16IN3. The van der Waals surface area contributed by atoms with Gasteiger partial charge in [0.25, 0.3) is 0 Å². The molecule has 1 aromatic heterocycles. The highest BCUT2D eigenvalue weighted by Crippen LogP contribution is 2.19. The van der Waals surface area contributed by atoms with Gasteiger partial charge in [-0.3, -0.25) is 0 Å². The number of likely N-dealkylation sites (N-methyl/N-ethyl adjacent to an activating group) is 1. The average Bonchev–Trinajstić information content (AvgIpc) is 2.42. The molecule has 1 heterocycles. The van der Waals surface area contributed by atoms with Crippen molar-refractivity contribution in [2.75, 3.05) is 6.54 Å². The van der Waals surface area contributed by atoms with E-state index in [0.717, 1.165) is 22.2 Å². The summed E-state index contributed by atoms with van der Waals surface area (Å²) in [5.74, 6) is 0. The molecule has 1 N–H and O–H groups in total. The number of aromatic nitrogens is 2. The predicted molar refractivity (Wildman–Crippen MR) is 81.3 cm³/mol. The van der Waals surface area contributed by atoms with E-state index < -0.39 is 0 Å². The Bertz CT molecular complexity index is 487. The summed E-state index contributed by atoms with van der Waals surface area (Å²) in [6.07, 6.45) is 4.36. The lowest BCUT2D eigenvalue weighted by Gasteiger charge is -2.18. The van der Waals surface area contributed by atoms with Crippen molar-refractivity contribution in [3.05, 3.63) is 57.7 Å². The Balaban J connectivity index is 2.19. The minimum Gasteiger partial charge on any atom is -0.310 e. The average molecular weight is 353 g/mol. The molecule has 0 bridgehead atoms. The summed E-state index contributed by atoms with van der Waals surface area (Å²) in [6, 6.07) is 10.8. The highest BCUT2D eigenvalue weighted by atomic mass is 127. The molecule has 2 aromatic rings. The number of rotatable bonds is 5. The summed E-state index contributed by atoms with van der Waals surface area (Å²) in [5, 5.41) is 3.51. The number of nitrogens with zero attached hydrogens (tertiary/aromatic N) is 2. The van der Waals surface area contributed by atoms with Crippen molar-refractivity contribution >= 4 is 22.6 Å². The fourth-order valence-electron chi connectivity index (χ4n) is 1.92. The SMILES string of the molecule is CCNC(Cc1ncncc1I)c1ccccc1. The van der Waals surface area contributed by atoms with E-state index >= 15 is 0 Å². The van der Waals surface area contributed by atoms with Crippen molar-refractivity contribution in [2.45, 2.75) is 19.4 Å². The van der Waals surface area contributed by atoms with E-state index in [1.807, 2.05) is 12.3 Å². The van der Waals surface area contributed by atoms with Crippen LogP contribution in [0.2, 0.25) is 0 Å². The van der Waals surface area contributed by atoms with Gasteiger partial charge in [0.1, 0.15) is 6.33 Å². The van der Waals surface area contributed by atoms with Gasteiger partial charge in [-0.1, -0.05) is 37.3 Å². The van der Waals surface area contributed by atoms with Gasteiger partial charge >= 0.3 is 0 Å². The topological polar surface area (TPSA) is 37.8 Å². The van der Waals surface area contributed by atoms with Crippen LogP contribution in [-0.2, 0) is 6.42 Å². The van der Waals surface area contributed by atoms with E-state index in [9.17, 15) is 0 Å². The number of hydrogen-bond acceptors (Lipinski definition) is 3. The Morgan fingerprint density at radius 3 is 2.72 bits per heavy atom. The normalized spacial score (nSPS) is 12.3. The maximum Gasteiger partial charge on any atom is 0.115 e. The smallest absolute Gasteiger partial charge is 0.115 e. The third-order valence-electron chi connectivity index (χ3n) is 2.79. The van der Waals surface area contributed by atoms with Gasteiger partial charge in [-0.25, -0.2) is 9.97 Å². The summed E-state index contributed by atoms with van der Waals surface area (Å²) in [6.45, 7) is 3.07. The van der Waals surface area contributed by atoms with Crippen molar-refractivity contribution < 1.29 is 0 Å². The second-order valence-corrected chi connectivity index (χ2v) is 5.20. The quantitative estimate of drug-likeness (QED) is 0.840. The second-order valence-electron chi connectivity index (χ2n) is 4.04. The fourth-order valence-corrected chi connectivity index (χ4v) is 2.44. The van der Waals surface area contributed by atoms with Crippen LogP contribution in [0.3, 0.4) is 0 Å². The van der Waals surface area contributed by atoms with E-state index in [4.69, 9.17) is 0 Å². The minimum absolute atomic E-state index is 0.305. The molecule has 0 aliphatic heterocycles. The standard InChI is InChI=1S/C14H16IN3/c1-2-17-13(11-6-4-3-5-7-11)8-14-12(15)9-16-10-18-14/h3-7,9-10,13,17H,2,8H2,1H3. The van der Waals surface area contributed by atoms with Crippen molar-refractivity contribution in [3.63, 3.8) is 0 Å². The van der Waals surface area contributed by atoms with Crippen LogP contribution < -0.4 is 5.32 Å². The Kier molecular flexibility index (Phi) is 5.07. The van der Waals surface area contributed by atoms with E-state index in [-0.39, 0.29) is 0 Å². The summed E-state index contributed by atoms with van der Waals surface area (Å²) in [7, 11) is 0. The van der Waals surface area contributed by atoms with Gasteiger partial charge < -0.3 is 5.32 Å². The molecule has 1 aromatic carbocycles. The van der Waals surface area contributed by atoms with Crippen molar-refractivity contribution in [3.8, 4) is 0 Å². The van der Waals surface area contributed by atoms with Crippen LogP contribution in [0.4, 0.5) is 0 Å². The molecule has 0 fully saturated rings. The van der Waals surface area contributed by atoms with Gasteiger partial charge in [0, 0.05) is 18.7 Å². The number of hydrogen-bond donors (Lipinski definition) is 1. The fraction of sp³-hybridized carbons (Fsp3) is 0.286. The molecule has 3 nitrogen and oxygen atoms in total. The molecule has 4 heteroatoms. The monoisotopic (exact) mass is 353 g/mol. The zero-order chi connectivity index (χ0) is 12.8. The largest absolute Gasteiger partial charge is 0.310 e. The highest BCUT2D eigenvalue weighted by Gasteiger charge is 2.13. The third-order valence-corrected chi connectivity index (χ3v) is 3.69. The molecule has 1 atom stereocenters. The van der Waals surface area contributed by atoms with Crippen LogP contribution in [0.25, 0.3) is 0 Å². The molecule has 0 aliphatic carbocycles. The maximum absolute atomic E-state index is 4.37. The molecule has 0 amide bonds. The van der Waals surface area contributed by atoms with Crippen molar-refractivity contribution in [1.82, 2.24) is 15.3 Å². The van der Waals surface area contributed by atoms with Crippen LogP contribution in [0, 0.1) is 3.57 Å². The first-order chi connectivity index (χ1) is 8.81. The van der Waals surface area contributed by atoms with Crippen LogP contribution in [-0.4, -0.2) is 16.5 Å². The summed E-state index contributed by atoms with van der Waals surface area (Å²) in [5.41, 5.74) is 2.40. The molecule has 94 valence electrons. The van der Waals surface area contributed by atoms with Crippen LogP contribution >= 0.6 is 22.6 Å². The number of halogens is 1. The maximum atomic E-state index is 4.37. The molecular weight excluding hydrogens is 337 g/mol. The Labute approximate surface area is 121 Å². The number of nitrogens with one attached hydrogen (secondary N) is 1. The van der Waals surface area contributed by atoms with Crippen LogP contribution in [0.5, 0.6) is 0 Å². The molecule has 0 spiro atoms. The van der Waals surface area contributed by atoms with Crippen LogP contribution in [0.1, 0.15) is 24.2 Å². The van der Waals surface area contributed by atoms with E-state index in [1.54, 1.807) is 6.33 Å². The second kappa shape index (κ2) is 6.80. The van der Waals surface area contributed by atoms with E-state index in [1.165, 1.54) is 5.56 Å². The Morgan fingerprint density at radius 1 is 1.28 bits per heavy atom. The molecule has 2 rings (SSSR count). The number of benzene rings is 1. The first-order valence-electron chi connectivity index (χ1n) is 6.04. The van der Waals surface area contributed by atoms with Gasteiger partial charge in [-0.15, -0.1) is 0 Å². The van der Waals surface area contributed by atoms with Gasteiger partial charge in [0.15, 0.2) is 0 Å². The molecule has 0 saturated carbocycles. The lowest BCUT2D eigenvalue weighted by atomic mass is 10.0. The zero-order valence-corrected chi connectivity index (χ0v) is 12.5. The first-order valence-corrected chi connectivity index (χ1v) is 7.12. The minimum atomic E-state index is 0.305. The summed E-state index contributed by atoms with van der Waals surface area (Å²) >= 11 is 2.29. The molecule has 1 unspecified atom stereocenters. The van der Waals surface area contributed by atoms with E-state index in [2.05, 4.69) is 69.1 Å². The van der Waals surface area contributed by atoms with Crippen LogP contribution in [0.15, 0.2) is 42.9 Å². The van der Waals surface area contributed by atoms with Gasteiger partial charge in [-0.2, -0.15) is 0 Å². The van der Waals surface area contributed by atoms with E-state index in [0.29, 0.717) is 6.04 Å². The molecule has 18 heavy (non-hydrogen) atoms. The predicted octanol–water partition coefficient (Wildman–Crippen LogP) is 2.97. The molecule has 0 saturated heterocycles. The van der Waals surface area contributed by atoms with Gasteiger partial charge in [-0.05, 0) is 34.7 Å². The summed E-state index contributed by atoms with van der Waals surface area (Å²) < 4.78 is 1.12. The third kappa shape index (κ3) is 3.49. The Hall–Kier alpha value is -1.01. The molecule has 0 aliphatic rings. The Morgan fingerprint density at radius 2 is 2.06 bits per heavy atom. The van der Waals surface area contributed by atoms with Crippen molar-refractivity contribution in [1.29, 1.82) is 0 Å².